The van der Waals surface area contributed by atoms with Crippen LogP contribution in [0.25, 0.3) is 10.9 Å². The van der Waals surface area contributed by atoms with Crippen molar-refractivity contribution in [1.29, 1.82) is 0 Å². The number of carbonyl (C=O) groups is 1. The number of aromatic nitrogens is 3. The standard InChI is InChI=1S/C18H17FN4O/c1-11-8-9-12(21-10-11)4-2-7-15(24)17-13-5-3-6-14(19)16(13)22-18(20)23-17/h3,5-6,8-10H,2,4,7H2,1H3,(H2,20,22,23). The summed E-state index contributed by atoms with van der Waals surface area (Å²) in [6.07, 6.45) is 3.42. The number of nitrogens with zero attached hydrogens (tertiary/aromatic N) is 3. The molecule has 0 fully saturated rings. The Labute approximate surface area is 138 Å². The fourth-order valence-electron chi connectivity index (χ4n) is 2.54. The van der Waals surface area contributed by atoms with Crippen LogP contribution in [0.1, 0.15) is 34.6 Å². The van der Waals surface area contributed by atoms with E-state index in [0.717, 1.165) is 11.3 Å². The summed E-state index contributed by atoms with van der Waals surface area (Å²) in [7, 11) is 0. The average molecular weight is 324 g/mol. The maximum absolute atomic E-state index is 13.9. The Bertz CT molecular complexity index is 893. The second-order valence-electron chi connectivity index (χ2n) is 5.67. The van der Waals surface area contributed by atoms with Gasteiger partial charge in [0.25, 0.3) is 0 Å². The van der Waals surface area contributed by atoms with Crippen molar-refractivity contribution in [3.63, 3.8) is 0 Å². The van der Waals surface area contributed by atoms with Gasteiger partial charge in [-0.3, -0.25) is 9.78 Å². The Balaban J connectivity index is 1.76. The van der Waals surface area contributed by atoms with Gasteiger partial charge < -0.3 is 5.73 Å². The molecule has 2 heterocycles. The van der Waals surface area contributed by atoms with E-state index >= 15 is 0 Å². The summed E-state index contributed by atoms with van der Waals surface area (Å²) in [5.41, 5.74) is 7.90. The van der Waals surface area contributed by atoms with Crippen LogP contribution in [0.15, 0.2) is 36.5 Å². The van der Waals surface area contributed by atoms with Crippen LogP contribution in [0.2, 0.25) is 0 Å². The molecule has 3 aromatic rings. The van der Waals surface area contributed by atoms with Crippen molar-refractivity contribution in [3.05, 3.63) is 59.3 Å². The van der Waals surface area contributed by atoms with E-state index in [-0.39, 0.29) is 29.4 Å². The Morgan fingerprint density at radius 1 is 1.21 bits per heavy atom. The number of halogens is 1. The fraction of sp³-hybridized carbons (Fsp3) is 0.222. The predicted molar refractivity (Wildman–Crippen MR) is 90.2 cm³/mol. The molecule has 1 aromatic carbocycles. The van der Waals surface area contributed by atoms with E-state index in [1.54, 1.807) is 12.3 Å². The van der Waals surface area contributed by atoms with Gasteiger partial charge in [0.2, 0.25) is 5.95 Å². The summed E-state index contributed by atoms with van der Waals surface area (Å²) in [5, 5.41) is 0.391. The van der Waals surface area contributed by atoms with Crippen LogP contribution in [-0.2, 0) is 6.42 Å². The Hall–Kier alpha value is -2.89. The third-order valence-corrected chi connectivity index (χ3v) is 3.77. The second kappa shape index (κ2) is 6.70. The number of nitrogen functional groups attached to an aromatic ring is 1. The summed E-state index contributed by atoms with van der Waals surface area (Å²) in [5.74, 6) is -0.789. The molecule has 0 saturated heterocycles. The molecule has 0 spiro atoms. The Kier molecular flexibility index (Phi) is 4.46. The van der Waals surface area contributed by atoms with E-state index in [4.69, 9.17) is 5.73 Å². The lowest BCUT2D eigenvalue weighted by Crippen LogP contribution is -2.08. The van der Waals surface area contributed by atoms with Crippen molar-refractivity contribution in [2.45, 2.75) is 26.2 Å². The number of aryl methyl sites for hydroxylation is 2. The molecule has 0 aliphatic rings. The quantitative estimate of drug-likeness (QED) is 0.728. The zero-order chi connectivity index (χ0) is 17.1. The van der Waals surface area contributed by atoms with E-state index in [1.807, 2.05) is 19.1 Å². The third-order valence-electron chi connectivity index (χ3n) is 3.77. The topological polar surface area (TPSA) is 81.8 Å². The number of pyridine rings is 1. The molecule has 0 radical (unpaired) electrons. The number of benzene rings is 1. The summed E-state index contributed by atoms with van der Waals surface area (Å²) in [6.45, 7) is 1.98. The lowest BCUT2D eigenvalue weighted by atomic mass is 10.0. The molecular formula is C18H17FN4O. The molecule has 0 unspecified atom stereocenters. The minimum Gasteiger partial charge on any atom is -0.368 e. The van der Waals surface area contributed by atoms with Gasteiger partial charge in [-0.05, 0) is 37.5 Å². The average Bonchev–Trinajstić information content (AvgIpc) is 2.57. The number of anilines is 1. The van der Waals surface area contributed by atoms with Crippen LogP contribution in [0.5, 0.6) is 0 Å². The maximum Gasteiger partial charge on any atom is 0.221 e. The van der Waals surface area contributed by atoms with Crippen LogP contribution < -0.4 is 5.73 Å². The molecule has 6 heteroatoms. The number of carbonyl (C=O) groups excluding carboxylic acids is 1. The molecule has 5 nitrogen and oxygen atoms in total. The van der Waals surface area contributed by atoms with Gasteiger partial charge in [0.15, 0.2) is 5.78 Å². The maximum atomic E-state index is 13.9. The van der Waals surface area contributed by atoms with Gasteiger partial charge in [0, 0.05) is 23.7 Å². The monoisotopic (exact) mass is 324 g/mol. The number of nitrogens with two attached hydrogens (primary N) is 1. The second-order valence-corrected chi connectivity index (χ2v) is 5.67. The molecule has 2 N–H and O–H groups in total. The summed E-state index contributed by atoms with van der Waals surface area (Å²) < 4.78 is 13.9. The normalized spacial score (nSPS) is 10.9. The lowest BCUT2D eigenvalue weighted by Gasteiger charge is -2.06. The number of hydrogen-bond donors (Lipinski definition) is 1. The van der Waals surface area contributed by atoms with Gasteiger partial charge in [-0.1, -0.05) is 18.2 Å². The highest BCUT2D eigenvalue weighted by atomic mass is 19.1. The first-order valence-electron chi connectivity index (χ1n) is 7.71. The molecule has 122 valence electrons. The van der Waals surface area contributed by atoms with Gasteiger partial charge in [0.1, 0.15) is 17.0 Å². The highest BCUT2D eigenvalue weighted by molar-refractivity contribution is 6.05. The van der Waals surface area contributed by atoms with Crippen molar-refractivity contribution in [3.8, 4) is 0 Å². The van der Waals surface area contributed by atoms with E-state index in [9.17, 15) is 9.18 Å². The molecule has 24 heavy (non-hydrogen) atoms. The fourth-order valence-corrected chi connectivity index (χ4v) is 2.54. The predicted octanol–water partition coefficient (Wildman–Crippen LogP) is 3.26. The molecule has 0 atom stereocenters. The lowest BCUT2D eigenvalue weighted by molar-refractivity contribution is 0.0977. The molecular weight excluding hydrogens is 307 g/mol. The number of ketones is 1. The van der Waals surface area contributed by atoms with Crippen molar-refractivity contribution in [2.24, 2.45) is 0 Å². The summed E-state index contributed by atoms with van der Waals surface area (Å²) in [6, 6.07) is 8.39. The first kappa shape index (κ1) is 16.0. The van der Waals surface area contributed by atoms with E-state index in [2.05, 4.69) is 15.0 Å². The van der Waals surface area contributed by atoms with Gasteiger partial charge in [0.05, 0.1) is 0 Å². The van der Waals surface area contributed by atoms with Crippen molar-refractivity contribution < 1.29 is 9.18 Å². The zero-order valence-corrected chi connectivity index (χ0v) is 13.3. The van der Waals surface area contributed by atoms with Gasteiger partial charge in [-0.2, -0.15) is 0 Å². The number of para-hydroxylation sites is 1. The molecule has 3 rings (SSSR count). The zero-order valence-electron chi connectivity index (χ0n) is 13.3. The largest absolute Gasteiger partial charge is 0.368 e. The van der Waals surface area contributed by atoms with Crippen molar-refractivity contribution in [1.82, 2.24) is 15.0 Å². The minimum atomic E-state index is -0.514. The summed E-state index contributed by atoms with van der Waals surface area (Å²) >= 11 is 0. The minimum absolute atomic E-state index is 0.0774. The number of rotatable bonds is 5. The number of hydrogen-bond acceptors (Lipinski definition) is 5. The number of Topliss-reactive ketones (excluding diaryl/α,β-unsaturated/α-hetero) is 1. The Morgan fingerprint density at radius 2 is 2.04 bits per heavy atom. The van der Waals surface area contributed by atoms with Crippen molar-refractivity contribution >= 4 is 22.6 Å². The first-order chi connectivity index (χ1) is 11.5. The van der Waals surface area contributed by atoms with Gasteiger partial charge >= 0.3 is 0 Å². The van der Waals surface area contributed by atoms with Crippen molar-refractivity contribution in [2.75, 3.05) is 5.73 Å². The Morgan fingerprint density at radius 3 is 2.79 bits per heavy atom. The van der Waals surface area contributed by atoms with E-state index in [0.29, 0.717) is 18.2 Å². The highest BCUT2D eigenvalue weighted by Gasteiger charge is 2.16. The first-order valence-corrected chi connectivity index (χ1v) is 7.71. The SMILES string of the molecule is Cc1ccc(CCCC(=O)c2nc(N)nc3c(F)cccc23)nc1. The molecule has 0 bridgehead atoms. The van der Waals surface area contributed by atoms with E-state index < -0.39 is 5.82 Å². The number of fused-ring (bicyclic) bond motifs is 1. The van der Waals surface area contributed by atoms with Crippen LogP contribution in [0, 0.1) is 12.7 Å². The van der Waals surface area contributed by atoms with Crippen LogP contribution in [-0.4, -0.2) is 20.7 Å². The third kappa shape index (κ3) is 3.37. The highest BCUT2D eigenvalue weighted by Crippen LogP contribution is 2.21. The smallest absolute Gasteiger partial charge is 0.221 e. The van der Waals surface area contributed by atoms with Crippen LogP contribution in [0.4, 0.5) is 10.3 Å². The van der Waals surface area contributed by atoms with Crippen LogP contribution in [0.3, 0.4) is 0 Å². The molecule has 0 amide bonds. The van der Waals surface area contributed by atoms with Gasteiger partial charge in [-0.25, -0.2) is 14.4 Å². The molecule has 0 aliphatic carbocycles. The summed E-state index contributed by atoms with van der Waals surface area (Å²) in [4.78, 5) is 24.7. The molecule has 0 aliphatic heterocycles. The van der Waals surface area contributed by atoms with Crippen LogP contribution >= 0.6 is 0 Å². The van der Waals surface area contributed by atoms with E-state index in [1.165, 1.54) is 12.1 Å². The van der Waals surface area contributed by atoms with Gasteiger partial charge in [-0.15, -0.1) is 0 Å². The molecule has 2 aromatic heterocycles. The molecule has 0 saturated carbocycles.